The van der Waals surface area contributed by atoms with Gasteiger partial charge < -0.3 is 0 Å². The van der Waals surface area contributed by atoms with Crippen LogP contribution in [0.25, 0.3) is 98.6 Å². The van der Waals surface area contributed by atoms with Crippen molar-refractivity contribution in [3.8, 4) is 78.4 Å². The van der Waals surface area contributed by atoms with E-state index >= 15 is 0 Å². The number of thiophene rings is 1. The zero-order chi connectivity index (χ0) is 45.0. The van der Waals surface area contributed by atoms with Crippen LogP contribution in [0, 0.1) is 0 Å². The van der Waals surface area contributed by atoms with Gasteiger partial charge in [-0.05, 0) is 103 Å². The van der Waals surface area contributed by atoms with Crippen LogP contribution in [-0.2, 0) is 5.41 Å². The van der Waals surface area contributed by atoms with Crippen LogP contribution in [0.1, 0.15) is 22.3 Å². The first-order valence-corrected chi connectivity index (χ1v) is 24.0. The van der Waals surface area contributed by atoms with Gasteiger partial charge in [0.2, 0.25) is 0 Å². The molecule has 0 unspecified atom stereocenters. The van der Waals surface area contributed by atoms with Gasteiger partial charge in [0.1, 0.15) is 0 Å². The molecule has 318 valence electrons. The van der Waals surface area contributed by atoms with E-state index in [1.165, 1.54) is 70.2 Å². The summed E-state index contributed by atoms with van der Waals surface area (Å²) >= 11 is 1.86. The maximum atomic E-state index is 5.51. The quantitative estimate of drug-likeness (QED) is 0.152. The van der Waals surface area contributed by atoms with Gasteiger partial charge in [0, 0.05) is 36.9 Å². The molecule has 0 aliphatic heterocycles. The highest BCUT2D eigenvalue weighted by Gasteiger charge is 2.46. The molecule has 12 aromatic rings. The Bertz CT molecular complexity index is 3800. The fourth-order valence-corrected chi connectivity index (χ4v) is 12.0. The predicted octanol–water partition coefficient (Wildman–Crippen LogP) is 17.2. The van der Waals surface area contributed by atoms with Crippen molar-refractivity contribution in [2.45, 2.75) is 5.41 Å². The van der Waals surface area contributed by atoms with Gasteiger partial charge in [-0.1, -0.05) is 218 Å². The molecule has 0 bridgehead atoms. The average Bonchev–Trinajstić information content (AvgIpc) is 3.96. The minimum atomic E-state index is -0.534. The van der Waals surface area contributed by atoms with Gasteiger partial charge in [-0.25, -0.2) is 9.97 Å². The second kappa shape index (κ2) is 16.4. The molecular formula is C65H42N2S. The Morgan fingerprint density at radius 3 is 1.57 bits per heavy atom. The van der Waals surface area contributed by atoms with E-state index in [1.807, 2.05) is 11.3 Å². The third kappa shape index (κ3) is 6.54. The van der Waals surface area contributed by atoms with Crippen LogP contribution in [0.5, 0.6) is 0 Å². The first kappa shape index (κ1) is 39.8. The molecule has 10 aromatic carbocycles. The molecule has 0 saturated carbocycles. The third-order valence-electron chi connectivity index (χ3n) is 13.8. The van der Waals surface area contributed by atoms with Crippen LogP contribution in [0.2, 0.25) is 0 Å². The number of aromatic nitrogens is 2. The van der Waals surface area contributed by atoms with Crippen molar-refractivity contribution in [3.05, 3.63) is 277 Å². The Morgan fingerprint density at radius 2 is 0.809 bits per heavy atom. The summed E-state index contributed by atoms with van der Waals surface area (Å²) in [5.74, 6) is 0.684. The molecule has 0 atom stereocenters. The topological polar surface area (TPSA) is 25.8 Å². The van der Waals surface area contributed by atoms with Gasteiger partial charge in [-0.15, -0.1) is 11.3 Å². The minimum absolute atomic E-state index is 0.534. The van der Waals surface area contributed by atoms with Crippen LogP contribution < -0.4 is 0 Å². The molecule has 13 rings (SSSR count). The van der Waals surface area contributed by atoms with E-state index in [0.29, 0.717) is 5.82 Å². The smallest absolute Gasteiger partial charge is 0.160 e. The Balaban J connectivity index is 1.07. The van der Waals surface area contributed by atoms with Gasteiger partial charge >= 0.3 is 0 Å². The molecule has 0 radical (unpaired) electrons. The molecule has 1 aliphatic carbocycles. The van der Waals surface area contributed by atoms with Crippen LogP contribution in [-0.4, -0.2) is 9.97 Å². The number of fused-ring (bicyclic) bond motifs is 6. The summed E-state index contributed by atoms with van der Waals surface area (Å²) < 4.78 is 2.57. The number of hydrogen-bond donors (Lipinski definition) is 0. The summed E-state index contributed by atoms with van der Waals surface area (Å²) in [6.07, 6.45) is 0. The molecule has 68 heavy (non-hydrogen) atoms. The highest BCUT2D eigenvalue weighted by atomic mass is 32.1. The predicted molar refractivity (Wildman–Crippen MR) is 285 cm³/mol. The van der Waals surface area contributed by atoms with Crippen molar-refractivity contribution < 1.29 is 0 Å². The maximum absolute atomic E-state index is 5.51. The molecule has 1 aliphatic rings. The Hall–Kier alpha value is -8.50. The highest BCUT2D eigenvalue weighted by molar-refractivity contribution is 7.26. The summed E-state index contributed by atoms with van der Waals surface area (Å²) in [5.41, 5.74) is 18.7. The van der Waals surface area contributed by atoms with Gasteiger partial charge in [-0.2, -0.15) is 0 Å². The lowest BCUT2D eigenvalue weighted by Crippen LogP contribution is -2.28. The molecule has 0 fully saturated rings. The Labute approximate surface area is 400 Å². The largest absolute Gasteiger partial charge is 0.228 e. The van der Waals surface area contributed by atoms with Gasteiger partial charge in [0.05, 0.1) is 16.8 Å². The molecule has 0 saturated heterocycles. The van der Waals surface area contributed by atoms with E-state index in [2.05, 4.69) is 255 Å². The van der Waals surface area contributed by atoms with Crippen molar-refractivity contribution in [2.24, 2.45) is 0 Å². The summed E-state index contributed by atoms with van der Waals surface area (Å²) in [6.45, 7) is 0. The fourth-order valence-electron chi connectivity index (χ4n) is 10.7. The molecule has 2 heterocycles. The first-order chi connectivity index (χ1) is 33.7. The van der Waals surface area contributed by atoms with Crippen LogP contribution in [0.15, 0.2) is 255 Å². The number of hydrogen-bond acceptors (Lipinski definition) is 3. The summed E-state index contributed by atoms with van der Waals surface area (Å²) in [6, 6.07) is 92.4. The van der Waals surface area contributed by atoms with E-state index in [1.54, 1.807) is 0 Å². The Kier molecular flexibility index (Phi) is 9.62. The van der Waals surface area contributed by atoms with Gasteiger partial charge in [0.15, 0.2) is 5.82 Å². The number of benzene rings is 10. The molecule has 3 heteroatoms. The lowest BCUT2D eigenvalue weighted by Gasteiger charge is -2.33. The van der Waals surface area contributed by atoms with Crippen molar-refractivity contribution in [3.63, 3.8) is 0 Å². The van der Waals surface area contributed by atoms with E-state index in [9.17, 15) is 0 Å². The van der Waals surface area contributed by atoms with E-state index < -0.39 is 5.41 Å². The maximum Gasteiger partial charge on any atom is 0.160 e. The standard InChI is InChI=1S/C65H42N2S/c1-5-20-43(21-6-1)45-24-17-25-46(38-45)47-39-48(52-32-18-33-54-53-30-14-16-37-61(53)68-63(52)54)41-49(40-47)59-42-60(67-64(66-59)44-22-7-2-8-23-44)56-34-19-36-58-62(56)55-31-13-15-35-57(55)65(58,50-26-9-3-10-27-50)51-28-11-4-12-29-51/h1-42H. The lowest BCUT2D eigenvalue weighted by molar-refractivity contribution is 0.768. The molecule has 0 spiro atoms. The lowest BCUT2D eigenvalue weighted by atomic mass is 9.67. The normalized spacial score (nSPS) is 12.5. The minimum Gasteiger partial charge on any atom is -0.228 e. The highest BCUT2D eigenvalue weighted by Crippen LogP contribution is 2.58. The molecular weight excluding hydrogens is 841 g/mol. The fraction of sp³-hybridized carbons (Fsp3) is 0.0154. The van der Waals surface area contributed by atoms with Gasteiger partial charge in [0.25, 0.3) is 0 Å². The van der Waals surface area contributed by atoms with Gasteiger partial charge in [-0.3, -0.25) is 0 Å². The Morgan fingerprint density at radius 1 is 0.309 bits per heavy atom. The third-order valence-corrected chi connectivity index (χ3v) is 15.0. The van der Waals surface area contributed by atoms with Crippen molar-refractivity contribution in [2.75, 3.05) is 0 Å². The summed E-state index contributed by atoms with van der Waals surface area (Å²) in [5, 5.41) is 2.56. The SMILES string of the molecule is c1ccc(-c2cccc(-c3cc(-c4cc(-c5cccc6c5-c5ccccc5C6(c5ccccc5)c5ccccc5)nc(-c5ccccc5)n4)cc(-c4cccc5c4sc4ccccc45)c3)c2)cc1. The second-order valence-electron chi connectivity index (χ2n) is 17.6. The monoisotopic (exact) mass is 882 g/mol. The van der Waals surface area contributed by atoms with E-state index in [4.69, 9.17) is 9.97 Å². The molecule has 0 amide bonds. The zero-order valence-corrected chi connectivity index (χ0v) is 37.9. The molecule has 2 nitrogen and oxygen atoms in total. The van der Waals surface area contributed by atoms with Crippen LogP contribution >= 0.6 is 11.3 Å². The molecule has 0 N–H and O–H groups in total. The van der Waals surface area contributed by atoms with Crippen molar-refractivity contribution >= 4 is 31.5 Å². The summed E-state index contributed by atoms with van der Waals surface area (Å²) in [4.78, 5) is 11.0. The molecule has 2 aromatic heterocycles. The van der Waals surface area contributed by atoms with E-state index in [-0.39, 0.29) is 0 Å². The van der Waals surface area contributed by atoms with Crippen LogP contribution in [0.3, 0.4) is 0 Å². The number of rotatable bonds is 8. The first-order valence-electron chi connectivity index (χ1n) is 23.2. The van der Waals surface area contributed by atoms with Crippen molar-refractivity contribution in [1.29, 1.82) is 0 Å². The zero-order valence-electron chi connectivity index (χ0n) is 37.1. The van der Waals surface area contributed by atoms with Crippen molar-refractivity contribution in [1.82, 2.24) is 9.97 Å². The second-order valence-corrected chi connectivity index (χ2v) is 18.7. The summed E-state index contributed by atoms with van der Waals surface area (Å²) in [7, 11) is 0. The van der Waals surface area contributed by atoms with Crippen LogP contribution in [0.4, 0.5) is 0 Å². The average molecular weight is 883 g/mol. The van der Waals surface area contributed by atoms with E-state index in [0.717, 1.165) is 44.8 Å². The number of nitrogens with zero attached hydrogens (tertiary/aromatic N) is 2.